The third-order valence-electron chi connectivity index (χ3n) is 5.66. The number of hydrogen-bond acceptors (Lipinski definition) is 2. The van der Waals surface area contributed by atoms with Gasteiger partial charge in [0.15, 0.2) is 5.34 Å². The quantitative estimate of drug-likeness (QED) is 0.316. The highest BCUT2D eigenvalue weighted by molar-refractivity contribution is 7.65. The first-order chi connectivity index (χ1) is 15.0. The summed E-state index contributed by atoms with van der Waals surface area (Å²) in [7, 11) is -3.04. The van der Waals surface area contributed by atoms with Crippen LogP contribution in [0.2, 0.25) is 0 Å². The molecule has 0 spiro atoms. The normalized spacial score (nSPS) is 13.1. The van der Waals surface area contributed by atoms with E-state index < -0.39 is 12.5 Å². The van der Waals surface area contributed by atoms with E-state index in [2.05, 4.69) is 36.1 Å². The highest BCUT2D eigenvalue weighted by Gasteiger charge is 2.44. The molecule has 160 valence electrons. The standard InChI is InChI=1S/C28H31O2P/c1-2-21-28(29,22-18-25-12-6-3-7-13-25)31(30,23-19-26-14-8-4-9-15-26)24-20-27-16-10-5-11-17-27/h3-17,29H,2,19-21,23-24H2,1H3. The van der Waals surface area contributed by atoms with E-state index >= 15 is 0 Å². The molecule has 0 saturated heterocycles. The molecular formula is C28H31O2P. The molecule has 1 unspecified atom stereocenters. The molecule has 0 bridgehead atoms. The predicted molar refractivity (Wildman–Crippen MR) is 131 cm³/mol. The summed E-state index contributed by atoms with van der Waals surface area (Å²) >= 11 is 0. The van der Waals surface area contributed by atoms with E-state index in [-0.39, 0.29) is 0 Å². The van der Waals surface area contributed by atoms with E-state index in [9.17, 15) is 9.67 Å². The van der Waals surface area contributed by atoms with Crippen LogP contribution < -0.4 is 0 Å². The van der Waals surface area contributed by atoms with Crippen molar-refractivity contribution in [3.05, 3.63) is 108 Å². The molecule has 31 heavy (non-hydrogen) atoms. The summed E-state index contributed by atoms with van der Waals surface area (Å²) in [6.45, 7) is 2.01. The van der Waals surface area contributed by atoms with Gasteiger partial charge in [-0.05, 0) is 42.5 Å². The molecule has 0 radical (unpaired) electrons. The SMILES string of the molecule is CCCC(O)(C#Cc1ccccc1)P(=O)(CCc1ccccc1)CCc1ccccc1. The van der Waals surface area contributed by atoms with Crippen molar-refractivity contribution in [2.45, 2.75) is 37.9 Å². The molecule has 1 N–H and O–H groups in total. The Balaban J connectivity index is 1.91. The fraction of sp³-hybridized carbons (Fsp3) is 0.286. The summed E-state index contributed by atoms with van der Waals surface area (Å²) in [6.07, 6.45) is 3.37. The summed E-state index contributed by atoms with van der Waals surface area (Å²) in [5.41, 5.74) is 3.10. The topological polar surface area (TPSA) is 37.3 Å². The minimum Gasteiger partial charge on any atom is -0.371 e. The van der Waals surface area contributed by atoms with E-state index in [4.69, 9.17) is 0 Å². The van der Waals surface area contributed by atoms with Crippen LogP contribution in [0.1, 0.15) is 36.5 Å². The van der Waals surface area contributed by atoms with Crippen LogP contribution in [0.5, 0.6) is 0 Å². The van der Waals surface area contributed by atoms with Crippen molar-refractivity contribution >= 4 is 7.14 Å². The number of aliphatic hydroxyl groups is 1. The molecule has 3 aromatic carbocycles. The third-order valence-corrected chi connectivity index (χ3v) is 9.24. The first-order valence-corrected chi connectivity index (χ1v) is 13.1. The summed E-state index contributed by atoms with van der Waals surface area (Å²) in [4.78, 5) is 0. The number of aryl methyl sites for hydroxylation is 2. The Morgan fingerprint density at radius 3 is 1.68 bits per heavy atom. The molecule has 0 amide bonds. The molecular weight excluding hydrogens is 399 g/mol. The van der Waals surface area contributed by atoms with Crippen LogP contribution in [0, 0.1) is 11.8 Å². The van der Waals surface area contributed by atoms with Crippen LogP contribution >= 0.6 is 7.14 Å². The van der Waals surface area contributed by atoms with Crippen LogP contribution in [0.3, 0.4) is 0 Å². The van der Waals surface area contributed by atoms with Crippen molar-refractivity contribution in [1.82, 2.24) is 0 Å². The van der Waals surface area contributed by atoms with Crippen LogP contribution in [0.4, 0.5) is 0 Å². The van der Waals surface area contributed by atoms with Gasteiger partial charge < -0.3 is 9.67 Å². The van der Waals surface area contributed by atoms with Gasteiger partial charge in [-0.25, -0.2) is 0 Å². The highest BCUT2D eigenvalue weighted by Crippen LogP contribution is 2.59. The second-order valence-corrected chi connectivity index (χ2v) is 11.4. The monoisotopic (exact) mass is 430 g/mol. The van der Waals surface area contributed by atoms with E-state index in [1.807, 2.05) is 73.7 Å². The van der Waals surface area contributed by atoms with Crippen LogP contribution in [-0.2, 0) is 17.4 Å². The first kappa shape index (κ1) is 23.1. The minimum absolute atomic E-state index is 0.410. The predicted octanol–water partition coefficient (Wildman–Crippen LogP) is 6.38. The molecule has 3 aromatic rings. The van der Waals surface area contributed by atoms with Crippen molar-refractivity contribution in [3.63, 3.8) is 0 Å². The van der Waals surface area contributed by atoms with Gasteiger partial charge in [0.2, 0.25) is 0 Å². The van der Waals surface area contributed by atoms with Crippen molar-refractivity contribution in [1.29, 1.82) is 0 Å². The molecule has 0 aromatic heterocycles. The minimum atomic E-state index is -3.04. The fourth-order valence-corrected chi connectivity index (χ4v) is 6.89. The molecule has 0 heterocycles. The van der Waals surface area contributed by atoms with Crippen molar-refractivity contribution in [2.24, 2.45) is 0 Å². The molecule has 3 rings (SSSR count). The van der Waals surface area contributed by atoms with Crippen molar-refractivity contribution in [3.8, 4) is 11.8 Å². The van der Waals surface area contributed by atoms with Gasteiger partial charge in [0.1, 0.15) is 7.14 Å². The molecule has 0 aliphatic rings. The molecule has 0 aliphatic carbocycles. The lowest BCUT2D eigenvalue weighted by Crippen LogP contribution is -2.30. The second-order valence-electron chi connectivity index (χ2n) is 7.99. The highest BCUT2D eigenvalue weighted by atomic mass is 31.2. The summed E-state index contributed by atoms with van der Waals surface area (Å²) in [5.74, 6) is 6.17. The zero-order valence-corrected chi connectivity index (χ0v) is 19.1. The van der Waals surface area contributed by atoms with Gasteiger partial charge in [-0.3, -0.25) is 0 Å². The van der Waals surface area contributed by atoms with E-state index in [0.29, 0.717) is 31.6 Å². The summed E-state index contributed by atoms with van der Waals surface area (Å²) in [5, 5.41) is 10.2. The van der Waals surface area contributed by atoms with E-state index in [1.54, 1.807) is 0 Å². The molecule has 0 saturated carbocycles. The van der Waals surface area contributed by atoms with Crippen LogP contribution in [0.15, 0.2) is 91.0 Å². The largest absolute Gasteiger partial charge is 0.371 e. The second kappa shape index (κ2) is 11.1. The molecule has 1 atom stereocenters. The van der Waals surface area contributed by atoms with Crippen molar-refractivity contribution < 1.29 is 9.67 Å². The smallest absolute Gasteiger partial charge is 0.178 e. The zero-order valence-electron chi connectivity index (χ0n) is 18.2. The Morgan fingerprint density at radius 1 is 0.774 bits per heavy atom. The maximum Gasteiger partial charge on any atom is 0.178 e. The lowest BCUT2D eigenvalue weighted by atomic mass is 10.1. The number of rotatable bonds is 9. The number of hydrogen-bond donors (Lipinski definition) is 1. The van der Waals surface area contributed by atoms with E-state index in [0.717, 1.165) is 23.1 Å². The maximum absolute atomic E-state index is 14.4. The molecule has 0 fully saturated rings. The third kappa shape index (κ3) is 6.44. The summed E-state index contributed by atoms with van der Waals surface area (Å²) < 4.78 is 14.4. The van der Waals surface area contributed by atoms with Crippen molar-refractivity contribution in [2.75, 3.05) is 12.3 Å². The van der Waals surface area contributed by atoms with E-state index in [1.165, 1.54) is 0 Å². The lowest BCUT2D eigenvalue weighted by Gasteiger charge is -2.33. The van der Waals surface area contributed by atoms with Gasteiger partial charge in [-0.1, -0.05) is 104 Å². The Bertz CT molecular complexity index is 988. The van der Waals surface area contributed by atoms with Gasteiger partial charge >= 0.3 is 0 Å². The Kier molecular flexibility index (Phi) is 8.30. The Morgan fingerprint density at radius 2 is 1.23 bits per heavy atom. The average molecular weight is 431 g/mol. The van der Waals surface area contributed by atoms with Gasteiger partial charge in [0, 0.05) is 17.9 Å². The summed E-state index contributed by atoms with van der Waals surface area (Å²) in [6, 6.07) is 29.8. The molecule has 2 nitrogen and oxygen atoms in total. The van der Waals surface area contributed by atoms with Gasteiger partial charge in [-0.2, -0.15) is 0 Å². The Hall–Kier alpha value is -2.59. The van der Waals surface area contributed by atoms with Gasteiger partial charge in [-0.15, -0.1) is 0 Å². The van der Waals surface area contributed by atoms with Crippen LogP contribution in [0.25, 0.3) is 0 Å². The van der Waals surface area contributed by atoms with Crippen LogP contribution in [-0.4, -0.2) is 22.8 Å². The number of benzene rings is 3. The fourth-order valence-electron chi connectivity index (χ4n) is 3.80. The zero-order chi connectivity index (χ0) is 22.0. The average Bonchev–Trinajstić information content (AvgIpc) is 2.82. The lowest BCUT2D eigenvalue weighted by molar-refractivity contribution is 0.169. The molecule has 0 aliphatic heterocycles. The molecule has 3 heteroatoms. The maximum atomic E-state index is 14.4. The van der Waals surface area contributed by atoms with Gasteiger partial charge in [0.25, 0.3) is 0 Å². The first-order valence-electron chi connectivity index (χ1n) is 11.0. The Labute approximate surface area is 186 Å². The van der Waals surface area contributed by atoms with Gasteiger partial charge in [0.05, 0.1) is 0 Å².